The van der Waals surface area contributed by atoms with Gasteiger partial charge in [0.1, 0.15) is 0 Å². The lowest BCUT2D eigenvalue weighted by Gasteiger charge is -2.36. The standard InChI is InChI=1S/C11H21F3N2S/c1-3-10-7-16(4-5-17-10)9(2)6-15-8-11(12,13)14/h9-10,15H,3-8H2,1-2H3. The highest BCUT2D eigenvalue weighted by Gasteiger charge is 2.27. The summed E-state index contributed by atoms with van der Waals surface area (Å²) in [6.07, 6.45) is -2.98. The van der Waals surface area contributed by atoms with Crippen molar-refractivity contribution in [1.82, 2.24) is 10.2 Å². The maximum atomic E-state index is 12.0. The first kappa shape index (κ1) is 15.1. The number of halogens is 3. The Morgan fingerprint density at radius 2 is 2.18 bits per heavy atom. The van der Waals surface area contributed by atoms with Crippen molar-refractivity contribution in [3.8, 4) is 0 Å². The zero-order chi connectivity index (χ0) is 12.9. The van der Waals surface area contributed by atoms with Gasteiger partial charge in [-0.3, -0.25) is 4.90 Å². The number of thioether (sulfide) groups is 1. The SMILES string of the molecule is CCC1CN(C(C)CNCC(F)(F)F)CCS1. The summed E-state index contributed by atoms with van der Waals surface area (Å²) in [5, 5.41) is 3.11. The molecule has 0 amide bonds. The first-order valence-corrected chi connectivity index (χ1v) is 7.10. The second kappa shape index (κ2) is 6.85. The van der Waals surface area contributed by atoms with E-state index in [4.69, 9.17) is 0 Å². The van der Waals surface area contributed by atoms with Crippen molar-refractivity contribution in [3.05, 3.63) is 0 Å². The summed E-state index contributed by atoms with van der Waals surface area (Å²) >= 11 is 1.97. The highest BCUT2D eigenvalue weighted by Crippen LogP contribution is 2.22. The fourth-order valence-corrected chi connectivity index (χ4v) is 3.15. The van der Waals surface area contributed by atoms with Gasteiger partial charge in [0.05, 0.1) is 6.54 Å². The third-order valence-electron chi connectivity index (χ3n) is 3.01. The molecule has 0 radical (unpaired) electrons. The Morgan fingerprint density at radius 1 is 1.47 bits per heavy atom. The van der Waals surface area contributed by atoms with Crippen molar-refractivity contribution >= 4 is 11.8 Å². The van der Waals surface area contributed by atoms with Crippen LogP contribution < -0.4 is 5.32 Å². The van der Waals surface area contributed by atoms with Gasteiger partial charge in [0.15, 0.2) is 0 Å². The summed E-state index contributed by atoms with van der Waals surface area (Å²) in [4.78, 5) is 2.29. The predicted octanol–water partition coefficient (Wildman–Crippen LogP) is 2.35. The Kier molecular flexibility index (Phi) is 6.09. The summed E-state index contributed by atoms with van der Waals surface area (Å²) in [6.45, 7) is 5.64. The minimum Gasteiger partial charge on any atom is -0.307 e. The third-order valence-corrected chi connectivity index (χ3v) is 4.39. The summed E-state index contributed by atoms with van der Waals surface area (Å²) in [5.41, 5.74) is 0. The Labute approximate surface area is 105 Å². The maximum Gasteiger partial charge on any atom is 0.401 e. The third kappa shape index (κ3) is 5.97. The van der Waals surface area contributed by atoms with E-state index in [1.807, 2.05) is 18.7 Å². The van der Waals surface area contributed by atoms with E-state index in [1.165, 1.54) is 0 Å². The van der Waals surface area contributed by atoms with Gasteiger partial charge < -0.3 is 5.32 Å². The first-order chi connectivity index (χ1) is 7.92. The Hall–Kier alpha value is 0.0600. The molecule has 0 saturated carbocycles. The van der Waals surface area contributed by atoms with E-state index in [2.05, 4.69) is 17.1 Å². The molecule has 1 rings (SSSR count). The second-order valence-corrected chi connectivity index (χ2v) is 5.90. The molecule has 1 saturated heterocycles. The lowest BCUT2D eigenvalue weighted by atomic mass is 10.2. The number of alkyl halides is 3. The van der Waals surface area contributed by atoms with Crippen molar-refractivity contribution in [2.45, 2.75) is 37.7 Å². The number of rotatable bonds is 5. The van der Waals surface area contributed by atoms with Crippen molar-refractivity contribution in [2.24, 2.45) is 0 Å². The van der Waals surface area contributed by atoms with Gasteiger partial charge in [-0.25, -0.2) is 0 Å². The van der Waals surface area contributed by atoms with E-state index < -0.39 is 12.7 Å². The fourth-order valence-electron chi connectivity index (χ4n) is 1.94. The molecule has 102 valence electrons. The molecular weight excluding hydrogens is 249 g/mol. The zero-order valence-corrected chi connectivity index (χ0v) is 11.2. The number of nitrogens with zero attached hydrogens (tertiary/aromatic N) is 1. The molecule has 1 fully saturated rings. The van der Waals surface area contributed by atoms with Gasteiger partial charge in [-0.05, 0) is 13.3 Å². The van der Waals surface area contributed by atoms with Crippen LogP contribution in [0.15, 0.2) is 0 Å². The van der Waals surface area contributed by atoms with Crippen molar-refractivity contribution in [1.29, 1.82) is 0 Å². The van der Waals surface area contributed by atoms with E-state index >= 15 is 0 Å². The van der Waals surface area contributed by atoms with Gasteiger partial charge in [-0.15, -0.1) is 0 Å². The molecule has 1 heterocycles. The predicted molar refractivity (Wildman–Crippen MR) is 66.5 cm³/mol. The monoisotopic (exact) mass is 270 g/mol. The molecular formula is C11H21F3N2S. The lowest BCUT2D eigenvalue weighted by Crippen LogP contribution is -2.48. The molecule has 1 aliphatic rings. The van der Waals surface area contributed by atoms with Crippen LogP contribution in [0.4, 0.5) is 13.2 Å². The van der Waals surface area contributed by atoms with Crippen LogP contribution in [-0.4, -0.2) is 54.3 Å². The van der Waals surface area contributed by atoms with Gasteiger partial charge in [0, 0.05) is 36.7 Å². The molecule has 0 spiro atoms. The Bertz CT molecular complexity index is 223. The van der Waals surface area contributed by atoms with Crippen LogP contribution in [0, 0.1) is 0 Å². The summed E-state index contributed by atoms with van der Waals surface area (Å²) in [5.74, 6) is 1.09. The molecule has 2 nitrogen and oxygen atoms in total. The van der Waals surface area contributed by atoms with E-state index in [0.29, 0.717) is 11.8 Å². The van der Waals surface area contributed by atoms with Crippen LogP contribution >= 0.6 is 11.8 Å². The maximum absolute atomic E-state index is 12.0. The summed E-state index contributed by atoms with van der Waals surface area (Å²) in [6, 6.07) is 0.173. The van der Waals surface area contributed by atoms with Crippen LogP contribution in [0.5, 0.6) is 0 Å². The van der Waals surface area contributed by atoms with Gasteiger partial charge in [0.25, 0.3) is 0 Å². The highest BCUT2D eigenvalue weighted by molar-refractivity contribution is 8.00. The normalized spacial score (nSPS) is 24.9. The largest absolute Gasteiger partial charge is 0.401 e. The second-order valence-electron chi connectivity index (χ2n) is 4.49. The lowest BCUT2D eigenvalue weighted by molar-refractivity contribution is -0.125. The van der Waals surface area contributed by atoms with Crippen LogP contribution in [-0.2, 0) is 0 Å². The van der Waals surface area contributed by atoms with E-state index in [1.54, 1.807) is 0 Å². The molecule has 17 heavy (non-hydrogen) atoms. The Balaban J connectivity index is 2.24. The molecule has 1 aliphatic heterocycles. The molecule has 2 atom stereocenters. The average Bonchev–Trinajstić information content (AvgIpc) is 2.27. The minimum absolute atomic E-state index is 0.173. The molecule has 1 N–H and O–H groups in total. The van der Waals surface area contributed by atoms with Gasteiger partial charge in [0.2, 0.25) is 0 Å². The highest BCUT2D eigenvalue weighted by atomic mass is 32.2. The van der Waals surface area contributed by atoms with Crippen LogP contribution in [0.2, 0.25) is 0 Å². The van der Waals surface area contributed by atoms with Crippen LogP contribution in [0.1, 0.15) is 20.3 Å². The fraction of sp³-hybridized carbons (Fsp3) is 1.00. The quantitative estimate of drug-likeness (QED) is 0.825. The molecule has 0 aromatic heterocycles. The van der Waals surface area contributed by atoms with Crippen molar-refractivity contribution in [3.63, 3.8) is 0 Å². The zero-order valence-electron chi connectivity index (χ0n) is 10.4. The number of hydrogen-bond acceptors (Lipinski definition) is 3. The first-order valence-electron chi connectivity index (χ1n) is 6.05. The van der Waals surface area contributed by atoms with Crippen LogP contribution in [0.25, 0.3) is 0 Å². The van der Waals surface area contributed by atoms with E-state index in [9.17, 15) is 13.2 Å². The summed E-state index contributed by atoms with van der Waals surface area (Å²) in [7, 11) is 0. The van der Waals surface area contributed by atoms with E-state index in [-0.39, 0.29) is 6.04 Å². The minimum atomic E-state index is -4.11. The Morgan fingerprint density at radius 3 is 2.76 bits per heavy atom. The average molecular weight is 270 g/mol. The van der Waals surface area contributed by atoms with Crippen LogP contribution in [0.3, 0.4) is 0 Å². The molecule has 0 aliphatic carbocycles. The smallest absolute Gasteiger partial charge is 0.307 e. The van der Waals surface area contributed by atoms with Gasteiger partial charge >= 0.3 is 6.18 Å². The van der Waals surface area contributed by atoms with E-state index in [0.717, 1.165) is 25.3 Å². The summed E-state index contributed by atoms with van der Waals surface area (Å²) < 4.78 is 36.0. The topological polar surface area (TPSA) is 15.3 Å². The molecule has 6 heteroatoms. The van der Waals surface area contributed by atoms with Gasteiger partial charge in [-0.1, -0.05) is 6.92 Å². The van der Waals surface area contributed by atoms with Crippen molar-refractivity contribution < 1.29 is 13.2 Å². The molecule has 0 aromatic rings. The molecule has 0 bridgehead atoms. The number of nitrogens with one attached hydrogen (secondary N) is 1. The van der Waals surface area contributed by atoms with Gasteiger partial charge in [-0.2, -0.15) is 24.9 Å². The molecule has 2 unspecified atom stereocenters. The number of hydrogen-bond donors (Lipinski definition) is 1. The molecule has 0 aromatic carbocycles. The van der Waals surface area contributed by atoms with Crippen molar-refractivity contribution in [2.75, 3.05) is 31.9 Å².